The first kappa shape index (κ1) is 25.0. The number of ether oxygens (including phenoxy) is 2. The van der Waals surface area contributed by atoms with E-state index >= 15 is 0 Å². The van der Waals surface area contributed by atoms with Gasteiger partial charge in [-0.1, -0.05) is 67.6 Å². The van der Waals surface area contributed by atoms with E-state index in [2.05, 4.69) is 19.1 Å². The summed E-state index contributed by atoms with van der Waals surface area (Å²) in [6, 6.07) is 25.6. The van der Waals surface area contributed by atoms with Crippen molar-refractivity contribution in [2.45, 2.75) is 57.5 Å². The third-order valence-corrected chi connectivity index (χ3v) is 7.75. The average molecular weight is 497 g/mol. The number of esters is 1. The summed E-state index contributed by atoms with van der Waals surface area (Å²) in [5, 5.41) is 1.69. The van der Waals surface area contributed by atoms with Crippen LogP contribution in [-0.4, -0.2) is 19.2 Å². The fourth-order valence-electron chi connectivity index (χ4n) is 5.69. The molecule has 3 nitrogen and oxygen atoms in total. The SMILES string of the molecule is COC(=O)c1cc([C@H]2C[C@@H](CCC[C@H](C)c3ccc(F)c4ccccc34)Oc3ccccc32)ccc1C. The Morgan fingerprint density at radius 1 is 1.03 bits per heavy atom. The summed E-state index contributed by atoms with van der Waals surface area (Å²) in [5.41, 5.74) is 4.98. The normalized spacial score (nSPS) is 17.6. The highest BCUT2D eigenvalue weighted by Crippen LogP contribution is 2.42. The van der Waals surface area contributed by atoms with Gasteiger partial charge in [0, 0.05) is 16.9 Å². The summed E-state index contributed by atoms with van der Waals surface area (Å²) in [5.74, 6) is 0.910. The zero-order chi connectivity index (χ0) is 25.9. The maximum atomic E-state index is 14.3. The van der Waals surface area contributed by atoms with Gasteiger partial charge in [0.2, 0.25) is 0 Å². The van der Waals surface area contributed by atoms with Gasteiger partial charge in [-0.3, -0.25) is 0 Å². The smallest absolute Gasteiger partial charge is 0.338 e. The molecule has 0 spiro atoms. The number of fused-ring (bicyclic) bond motifs is 2. The van der Waals surface area contributed by atoms with Crippen LogP contribution in [0.2, 0.25) is 0 Å². The van der Waals surface area contributed by atoms with Crippen molar-refractivity contribution in [2.24, 2.45) is 0 Å². The molecule has 0 unspecified atom stereocenters. The molecule has 4 heteroatoms. The first-order valence-corrected chi connectivity index (χ1v) is 13.1. The molecule has 0 aromatic heterocycles. The number of methoxy groups -OCH3 is 1. The summed E-state index contributed by atoms with van der Waals surface area (Å²) in [7, 11) is 1.42. The summed E-state index contributed by atoms with van der Waals surface area (Å²) < 4.78 is 25.7. The number of rotatable bonds is 7. The molecule has 4 aromatic carbocycles. The van der Waals surface area contributed by atoms with E-state index in [0.29, 0.717) is 16.9 Å². The average Bonchev–Trinajstić information content (AvgIpc) is 2.93. The van der Waals surface area contributed by atoms with Crippen LogP contribution in [-0.2, 0) is 4.74 Å². The van der Waals surface area contributed by atoms with Crippen LogP contribution in [0.5, 0.6) is 5.75 Å². The van der Waals surface area contributed by atoms with Crippen molar-refractivity contribution in [2.75, 3.05) is 7.11 Å². The summed E-state index contributed by atoms with van der Waals surface area (Å²) >= 11 is 0. The molecule has 5 rings (SSSR count). The van der Waals surface area contributed by atoms with Gasteiger partial charge >= 0.3 is 5.97 Å². The maximum absolute atomic E-state index is 14.3. The van der Waals surface area contributed by atoms with Crippen LogP contribution in [0, 0.1) is 12.7 Å². The van der Waals surface area contributed by atoms with Crippen molar-refractivity contribution >= 4 is 16.7 Å². The predicted molar refractivity (Wildman–Crippen MR) is 146 cm³/mol. The van der Waals surface area contributed by atoms with E-state index in [1.807, 2.05) is 67.6 Å². The van der Waals surface area contributed by atoms with E-state index in [4.69, 9.17) is 9.47 Å². The van der Waals surface area contributed by atoms with Crippen LogP contribution in [0.3, 0.4) is 0 Å². The second kappa shape index (κ2) is 10.8. The van der Waals surface area contributed by atoms with Crippen molar-refractivity contribution in [3.8, 4) is 5.75 Å². The molecule has 37 heavy (non-hydrogen) atoms. The monoisotopic (exact) mass is 496 g/mol. The Balaban J connectivity index is 1.32. The van der Waals surface area contributed by atoms with E-state index in [9.17, 15) is 9.18 Å². The molecule has 0 aliphatic carbocycles. The lowest BCUT2D eigenvalue weighted by Gasteiger charge is -2.33. The number of carbonyl (C=O) groups is 1. The van der Waals surface area contributed by atoms with Gasteiger partial charge < -0.3 is 9.47 Å². The fraction of sp³-hybridized carbons (Fsp3) is 0.303. The van der Waals surface area contributed by atoms with Gasteiger partial charge in [0.1, 0.15) is 11.6 Å². The topological polar surface area (TPSA) is 35.5 Å². The van der Waals surface area contributed by atoms with Crippen LogP contribution in [0.4, 0.5) is 4.39 Å². The van der Waals surface area contributed by atoms with Crippen LogP contribution >= 0.6 is 0 Å². The molecule has 0 saturated heterocycles. The minimum atomic E-state index is -0.307. The number of benzene rings is 4. The minimum Gasteiger partial charge on any atom is -0.490 e. The van der Waals surface area contributed by atoms with E-state index < -0.39 is 0 Å². The van der Waals surface area contributed by atoms with Crippen LogP contribution in [0.1, 0.15) is 77.1 Å². The molecule has 1 aliphatic heterocycles. The Labute approximate surface area is 218 Å². The van der Waals surface area contributed by atoms with E-state index in [0.717, 1.165) is 53.5 Å². The Kier molecular flexibility index (Phi) is 7.27. The zero-order valence-corrected chi connectivity index (χ0v) is 21.7. The van der Waals surface area contributed by atoms with Crippen LogP contribution in [0.15, 0.2) is 78.9 Å². The molecule has 0 bridgehead atoms. The van der Waals surface area contributed by atoms with Gasteiger partial charge in [-0.25, -0.2) is 9.18 Å². The first-order chi connectivity index (χ1) is 18.0. The van der Waals surface area contributed by atoms with Crippen LogP contribution < -0.4 is 4.74 Å². The molecule has 4 aromatic rings. The molecular formula is C33H33FO3. The summed E-state index contributed by atoms with van der Waals surface area (Å²) in [6.07, 6.45) is 3.88. The third-order valence-electron chi connectivity index (χ3n) is 7.75. The molecule has 1 heterocycles. The Morgan fingerprint density at radius 3 is 2.59 bits per heavy atom. The molecule has 3 atom stereocenters. The van der Waals surface area contributed by atoms with E-state index in [1.54, 1.807) is 6.07 Å². The molecule has 0 radical (unpaired) electrons. The molecule has 0 amide bonds. The fourth-order valence-corrected chi connectivity index (χ4v) is 5.69. The summed E-state index contributed by atoms with van der Waals surface area (Å²) in [4.78, 5) is 12.3. The molecule has 0 N–H and O–H groups in total. The quantitative estimate of drug-likeness (QED) is 0.241. The Bertz CT molecular complexity index is 1430. The van der Waals surface area contributed by atoms with Crippen molar-refractivity contribution in [1.82, 2.24) is 0 Å². The number of carbonyl (C=O) groups excluding carboxylic acids is 1. The van der Waals surface area contributed by atoms with Crippen molar-refractivity contribution in [3.05, 3.63) is 112 Å². The molecule has 1 aliphatic rings. The zero-order valence-electron chi connectivity index (χ0n) is 21.7. The van der Waals surface area contributed by atoms with Gasteiger partial charge in [-0.05, 0) is 78.8 Å². The van der Waals surface area contributed by atoms with Gasteiger partial charge in [-0.15, -0.1) is 0 Å². The highest BCUT2D eigenvalue weighted by molar-refractivity contribution is 5.91. The maximum Gasteiger partial charge on any atom is 0.338 e. The summed E-state index contributed by atoms with van der Waals surface area (Å²) in [6.45, 7) is 4.16. The number of halogens is 1. The van der Waals surface area contributed by atoms with Gasteiger partial charge in [0.05, 0.1) is 18.8 Å². The molecule has 0 saturated carbocycles. The largest absolute Gasteiger partial charge is 0.490 e. The second-order valence-electron chi connectivity index (χ2n) is 10.1. The lowest BCUT2D eigenvalue weighted by atomic mass is 9.82. The van der Waals surface area contributed by atoms with E-state index in [-0.39, 0.29) is 23.8 Å². The van der Waals surface area contributed by atoms with Gasteiger partial charge in [0.15, 0.2) is 0 Å². The Hall–Kier alpha value is -3.66. The second-order valence-corrected chi connectivity index (χ2v) is 10.1. The number of aryl methyl sites for hydroxylation is 1. The van der Waals surface area contributed by atoms with Crippen LogP contribution in [0.25, 0.3) is 10.8 Å². The predicted octanol–water partition coefficient (Wildman–Crippen LogP) is 8.33. The lowest BCUT2D eigenvalue weighted by Crippen LogP contribution is -2.26. The number of hydrogen-bond acceptors (Lipinski definition) is 3. The Morgan fingerprint density at radius 2 is 1.78 bits per heavy atom. The number of hydrogen-bond donors (Lipinski definition) is 0. The highest BCUT2D eigenvalue weighted by atomic mass is 19.1. The molecule has 0 fully saturated rings. The van der Waals surface area contributed by atoms with Crippen molar-refractivity contribution < 1.29 is 18.7 Å². The standard InChI is InChI=1S/C33H33FO3/c1-21(25-17-18-31(34)27-12-5-4-11-26(25)27)9-8-10-24-20-30(28-13-6-7-14-32(28)37-24)23-16-15-22(2)29(19-23)33(35)36-3/h4-7,11-19,21,24,30H,8-10,20H2,1-3H3/t21-,24+,30+/m0/s1. The minimum absolute atomic E-state index is 0.0833. The number of para-hydroxylation sites is 1. The van der Waals surface area contributed by atoms with Gasteiger partial charge in [0.25, 0.3) is 0 Å². The van der Waals surface area contributed by atoms with E-state index in [1.165, 1.54) is 12.7 Å². The first-order valence-electron chi connectivity index (χ1n) is 13.1. The molecule has 190 valence electrons. The van der Waals surface area contributed by atoms with Crippen molar-refractivity contribution in [1.29, 1.82) is 0 Å². The lowest BCUT2D eigenvalue weighted by molar-refractivity contribution is 0.0599. The molecular weight excluding hydrogens is 463 g/mol. The van der Waals surface area contributed by atoms with Gasteiger partial charge in [-0.2, -0.15) is 0 Å². The highest BCUT2D eigenvalue weighted by Gasteiger charge is 2.30. The third kappa shape index (κ3) is 5.11. The van der Waals surface area contributed by atoms with Crippen molar-refractivity contribution in [3.63, 3.8) is 0 Å².